The highest BCUT2D eigenvalue weighted by Crippen LogP contribution is 2.38. The topological polar surface area (TPSA) is 84.9 Å². The molecule has 1 fully saturated rings. The fraction of sp³-hybridized carbons (Fsp3) is 0.250. The van der Waals surface area contributed by atoms with Crippen molar-refractivity contribution in [2.75, 3.05) is 45.3 Å². The number of aromatic nitrogens is 2. The fourth-order valence-electron chi connectivity index (χ4n) is 4.12. The number of ether oxygens (including phenoxy) is 2. The molecule has 0 spiro atoms. The van der Waals surface area contributed by atoms with Crippen LogP contribution in [0.1, 0.15) is 0 Å². The number of rotatable bonds is 6. The lowest BCUT2D eigenvalue weighted by Crippen LogP contribution is -2.49. The third-order valence-corrected chi connectivity index (χ3v) is 8.79. The van der Waals surface area contributed by atoms with E-state index in [1.807, 2.05) is 24.3 Å². The molecule has 1 saturated heterocycles. The zero-order valence-corrected chi connectivity index (χ0v) is 20.5. The van der Waals surface area contributed by atoms with E-state index < -0.39 is 10.0 Å². The first-order valence-corrected chi connectivity index (χ1v) is 13.1. The summed E-state index contributed by atoms with van der Waals surface area (Å²) in [4.78, 5) is 12.4. The van der Waals surface area contributed by atoms with Crippen LogP contribution in [0, 0.1) is 0 Å². The Kier molecular flexibility index (Phi) is 6.11. The molecule has 0 unspecified atom stereocenters. The van der Waals surface area contributed by atoms with Gasteiger partial charge in [0.2, 0.25) is 10.0 Å². The van der Waals surface area contributed by atoms with Gasteiger partial charge in [-0.25, -0.2) is 18.4 Å². The number of methoxy groups -OCH3 is 2. The Balaban J connectivity index is 1.40. The van der Waals surface area contributed by atoms with Crippen LogP contribution < -0.4 is 14.4 Å². The maximum absolute atomic E-state index is 13.1. The second-order valence-electron chi connectivity index (χ2n) is 7.82. The summed E-state index contributed by atoms with van der Waals surface area (Å²) in [6.45, 7) is 1.84. The summed E-state index contributed by atoms with van der Waals surface area (Å²) in [5.74, 6) is 2.26. The van der Waals surface area contributed by atoms with Gasteiger partial charge in [-0.05, 0) is 42.0 Å². The Morgan fingerprint density at radius 2 is 1.47 bits per heavy atom. The van der Waals surface area contributed by atoms with Crippen LogP contribution in [0.5, 0.6) is 11.5 Å². The fourth-order valence-corrected chi connectivity index (χ4v) is 6.45. The molecule has 10 heteroatoms. The number of hydrogen-bond acceptors (Lipinski definition) is 8. The van der Waals surface area contributed by atoms with E-state index in [-0.39, 0.29) is 4.90 Å². The minimum atomic E-state index is -3.57. The third kappa shape index (κ3) is 4.08. The number of fused-ring (bicyclic) bond motifs is 1. The molecule has 4 aromatic rings. The van der Waals surface area contributed by atoms with Gasteiger partial charge in [-0.1, -0.05) is 12.1 Å². The number of thiophene rings is 1. The monoisotopic (exact) mass is 496 g/mol. The average molecular weight is 497 g/mol. The van der Waals surface area contributed by atoms with Gasteiger partial charge in [-0.2, -0.15) is 4.31 Å². The normalized spacial score (nSPS) is 14.9. The van der Waals surface area contributed by atoms with E-state index in [0.29, 0.717) is 31.9 Å². The summed E-state index contributed by atoms with van der Waals surface area (Å²) in [6.07, 6.45) is 1.58. The van der Waals surface area contributed by atoms with Crippen molar-refractivity contribution in [1.29, 1.82) is 0 Å². The van der Waals surface area contributed by atoms with E-state index in [9.17, 15) is 8.42 Å². The van der Waals surface area contributed by atoms with Crippen LogP contribution in [-0.2, 0) is 10.0 Å². The largest absolute Gasteiger partial charge is 0.497 e. The van der Waals surface area contributed by atoms with E-state index >= 15 is 0 Å². The van der Waals surface area contributed by atoms with E-state index in [1.54, 1.807) is 56.1 Å². The Morgan fingerprint density at radius 3 is 2.09 bits per heavy atom. The lowest BCUT2D eigenvalue weighted by molar-refractivity contribution is 0.384. The molecule has 5 rings (SSSR count). The number of hydrogen-bond donors (Lipinski definition) is 0. The summed E-state index contributed by atoms with van der Waals surface area (Å²) < 4.78 is 38.2. The van der Waals surface area contributed by atoms with E-state index in [0.717, 1.165) is 32.9 Å². The zero-order valence-electron chi connectivity index (χ0n) is 18.8. The lowest BCUT2D eigenvalue weighted by atomic mass is 10.1. The van der Waals surface area contributed by atoms with Gasteiger partial charge in [-0.3, -0.25) is 0 Å². The van der Waals surface area contributed by atoms with Crippen LogP contribution in [0.2, 0.25) is 0 Å². The van der Waals surface area contributed by atoms with Gasteiger partial charge in [0.05, 0.1) is 24.5 Å². The highest BCUT2D eigenvalue weighted by atomic mass is 32.2. The Labute approximate surface area is 202 Å². The minimum Gasteiger partial charge on any atom is -0.497 e. The Hall–Kier alpha value is -3.21. The summed E-state index contributed by atoms with van der Waals surface area (Å²) in [7, 11) is -0.369. The van der Waals surface area contributed by atoms with Crippen LogP contribution in [0.3, 0.4) is 0 Å². The smallest absolute Gasteiger partial charge is 0.243 e. The summed E-state index contributed by atoms with van der Waals surface area (Å²) in [6, 6.07) is 14.4. The van der Waals surface area contributed by atoms with Crippen LogP contribution in [-0.4, -0.2) is 63.1 Å². The van der Waals surface area contributed by atoms with E-state index in [2.05, 4.69) is 20.2 Å². The lowest BCUT2D eigenvalue weighted by Gasteiger charge is -2.35. The molecular weight excluding hydrogens is 472 g/mol. The van der Waals surface area contributed by atoms with Gasteiger partial charge in [0.25, 0.3) is 0 Å². The number of piperazine rings is 1. The van der Waals surface area contributed by atoms with Crippen LogP contribution in [0.25, 0.3) is 21.3 Å². The standard InChI is InChI=1S/C24H24N4O4S2/c1-31-18-5-3-17(4-6-18)21-15-33-24-22(21)23(25-16-26-24)27-11-13-28(14-12-27)34(29,30)20-9-7-19(32-2)8-10-20/h3-10,15-16H,11-14H2,1-2H3. The van der Waals surface area contributed by atoms with Gasteiger partial charge < -0.3 is 14.4 Å². The molecule has 1 aliphatic rings. The molecule has 0 amide bonds. The van der Waals surface area contributed by atoms with E-state index in [4.69, 9.17) is 9.47 Å². The van der Waals surface area contributed by atoms with Crippen molar-refractivity contribution >= 4 is 37.4 Å². The molecule has 34 heavy (non-hydrogen) atoms. The molecule has 0 N–H and O–H groups in total. The summed E-state index contributed by atoms with van der Waals surface area (Å²) >= 11 is 1.58. The zero-order chi connectivity index (χ0) is 23.7. The predicted molar refractivity (Wildman–Crippen MR) is 133 cm³/mol. The van der Waals surface area contributed by atoms with Crippen LogP contribution in [0.15, 0.2) is 65.1 Å². The van der Waals surface area contributed by atoms with Crippen LogP contribution >= 0.6 is 11.3 Å². The molecule has 176 valence electrons. The van der Waals surface area contributed by atoms with Crippen molar-refractivity contribution in [1.82, 2.24) is 14.3 Å². The highest BCUT2D eigenvalue weighted by molar-refractivity contribution is 7.89. The first-order valence-electron chi connectivity index (χ1n) is 10.8. The Bertz CT molecular complexity index is 1400. The van der Waals surface area contributed by atoms with Crippen LogP contribution in [0.4, 0.5) is 5.82 Å². The number of sulfonamides is 1. The first kappa shape index (κ1) is 22.6. The molecule has 8 nitrogen and oxygen atoms in total. The number of nitrogens with zero attached hydrogens (tertiary/aromatic N) is 4. The maximum Gasteiger partial charge on any atom is 0.243 e. The molecule has 1 aliphatic heterocycles. The maximum atomic E-state index is 13.1. The Morgan fingerprint density at radius 1 is 0.853 bits per heavy atom. The third-order valence-electron chi connectivity index (χ3n) is 5.99. The quantitative estimate of drug-likeness (QED) is 0.400. The molecule has 0 radical (unpaired) electrons. The molecule has 0 saturated carbocycles. The molecule has 0 atom stereocenters. The van der Waals surface area contributed by atoms with Crippen molar-refractivity contribution in [3.63, 3.8) is 0 Å². The summed E-state index contributed by atoms with van der Waals surface area (Å²) in [5, 5.41) is 3.08. The van der Waals surface area contributed by atoms with Crippen molar-refractivity contribution in [2.45, 2.75) is 4.90 Å². The van der Waals surface area contributed by atoms with Crippen molar-refractivity contribution in [3.05, 3.63) is 60.2 Å². The minimum absolute atomic E-state index is 0.269. The van der Waals surface area contributed by atoms with Crippen molar-refractivity contribution in [3.8, 4) is 22.6 Å². The molecule has 2 aromatic heterocycles. The summed E-state index contributed by atoms with van der Waals surface area (Å²) in [5.41, 5.74) is 2.12. The van der Waals surface area contributed by atoms with Gasteiger partial charge >= 0.3 is 0 Å². The average Bonchev–Trinajstić information content (AvgIpc) is 3.33. The molecule has 0 aliphatic carbocycles. The number of anilines is 1. The molecular formula is C24H24N4O4S2. The second-order valence-corrected chi connectivity index (χ2v) is 10.6. The van der Waals surface area contributed by atoms with Crippen molar-refractivity contribution < 1.29 is 17.9 Å². The van der Waals surface area contributed by atoms with Crippen molar-refractivity contribution in [2.24, 2.45) is 0 Å². The van der Waals surface area contributed by atoms with Gasteiger partial charge in [0.1, 0.15) is 28.5 Å². The van der Waals surface area contributed by atoms with Gasteiger partial charge in [0, 0.05) is 37.1 Å². The predicted octanol–water partition coefficient (Wildman–Crippen LogP) is 3.89. The number of benzene rings is 2. The molecule has 2 aromatic carbocycles. The van der Waals surface area contributed by atoms with Gasteiger partial charge in [0.15, 0.2) is 0 Å². The first-order chi connectivity index (χ1) is 16.5. The molecule has 3 heterocycles. The highest BCUT2D eigenvalue weighted by Gasteiger charge is 2.30. The molecule has 0 bridgehead atoms. The SMILES string of the molecule is COc1ccc(-c2csc3ncnc(N4CCN(S(=O)(=O)c5ccc(OC)cc5)CC4)c23)cc1. The second kappa shape index (κ2) is 9.21. The van der Waals surface area contributed by atoms with E-state index in [1.165, 1.54) is 4.31 Å². The van der Waals surface area contributed by atoms with Gasteiger partial charge in [-0.15, -0.1) is 11.3 Å².